The summed E-state index contributed by atoms with van der Waals surface area (Å²) < 4.78 is 5.59. The Morgan fingerprint density at radius 2 is 1.91 bits per heavy atom. The van der Waals surface area contributed by atoms with Crippen molar-refractivity contribution >= 4 is 11.6 Å². The number of hydrogen-bond donors (Lipinski definition) is 6. The summed E-state index contributed by atoms with van der Waals surface area (Å²) in [7, 11) is 1.47. The van der Waals surface area contributed by atoms with E-state index in [1.807, 2.05) is 42.6 Å². The third-order valence-electron chi connectivity index (χ3n) is 10.7. The molecule has 0 saturated heterocycles. The van der Waals surface area contributed by atoms with E-state index in [1.54, 1.807) is 6.07 Å². The molecule has 5 rings (SSSR count). The highest BCUT2D eigenvalue weighted by molar-refractivity contribution is 6.05. The van der Waals surface area contributed by atoms with Gasteiger partial charge in [-0.2, -0.15) is 0 Å². The van der Waals surface area contributed by atoms with Crippen molar-refractivity contribution in [3.63, 3.8) is 0 Å². The molecule has 2 aliphatic carbocycles. The van der Waals surface area contributed by atoms with Gasteiger partial charge in [-0.25, -0.2) is 0 Å². The van der Waals surface area contributed by atoms with Gasteiger partial charge in [-0.3, -0.25) is 9.59 Å². The molecular weight excluding hydrogens is 594 g/mol. The van der Waals surface area contributed by atoms with Crippen LogP contribution >= 0.6 is 0 Å². The minimum atomic E-state index is -1.64. The number of allylic oxidation sites excluding steroid dienone is 3. The van der Waals surface area contributed by atoms with Crippen molar-refractivity contribution in [3.05, 3.63) is 82.5 Å². The van der Waals surface area contributed by atoms with Crippen LogP contribution in [0.25, 0.3) is 0 Å². The number of fused-ring (bicyclic) bond motifs is 1. The van der Waals surface area contributed by atoms with Crippen LogP contribution in [0.1, 0.15) is 87.4 Å². The number of carbonyl (C=O) groups is 2. The summed E-state index contributed by atoms with van der Waals surface area (Å²) >= 11 is 0. The number of phenols is 1. The maximum atomic E-state index is 13.0. The standard InChI is InChI=1S/C38H51N3O6/c1-3-25-8-4-5-9-26(25)10-6-12-31(43)36(46)32(44)14-13-24-20-30(35(45)33(21-24)47-2)34-28-16-19-41-37(39)29(28)15-17-38(34,23-42)22-27-11-7-18-40-27/h7,11,15-18,20-21,25-26,34,36,40-42,45-46H,3-6,8-10,12-14,19,22-23,39H2,1-2H3. The summed E-state index contributed by atoms with van der Waals surface area (Å²) in [5.74, 6) is 0.628. The van der Waals surface area contributed by atoms with Crippen molar-refractivity contribution < 1.29 is 29.6 Å². The van der Waals surface area contributed by atoms with Crippen molar-refractivity contribution in [3.8, 4) is 11.5 Å². The minimum absolute atomic E-state index is 0.0380. The summed E-state index contributed by atoms with van der Waals surface area (Å²) in [6.07, 6.45) is 14.8. The minimum Gasteiger partial charge on any atom is -0.504 e. The van der Waals surface area contributed by atoms with Crippen LogP contribution in [-0.2, 0) is 22.4 Å². The van der Waals surface area contributed by atoms with Gasteiger partial charge in [0.05, 0.1) is 13.7 Å². The summed E-state index contributed by atoms with van der Waals surface area (Å²) in [6, 6.07) is 7.39. The Hall–Kier alpha value is -3.82. The fourth-order valence-corrected chi connectivity index (χ4v) is 8.09. The summed E-state index contributed by atoms with van der Waals surface area (Å²) in [6.45, 7) is 2.53. The molecule has 0 amide bonds. The average molecular weight is 646 g/mol. The first kappa shape index (κ1) is 34.5. The summed E-state index contributed by atoms with van der Waals surface area (Å²) in [5.41, 5.74) is 9.40. The second kappa shape index (κ2) is 15.4. The van der Waals surface area contributed by atoms with E-state index in [0.717, 1.165) is 29.7 Å². The molecule has 2 heterocycles. The number of hydrogen-bond acceptors (Lipinski definition) is 8. The third-order valence-corrected chi connectivity index (χ3v) is 10.7. The molecule has 5 unspecified atom stereocenters. The van der Waals surface area contributed by atoms with Gasteiger partial charge in [0.15, 0.2) is 29.2 Å². The molecule has 9 heteroatoms. The second-order valence-electron chi connectivity index (χ2n) is 13.6. The highest BCUT2D eigenvalue weighted by atomic mass is 16.5. The smallest absolute Gasteiger partial charge is 0.170 e. The van der Waals surface area contributed by atoms with Gasteiger partial charge in [-0.15, -0.1) is 0 Å². The number of aromatic hydroxyl groups is 1. The third kappa shape index (κ3) is 7.52. The number of dihydropyridines is 1. The molecule has 5 atom stereocenters. The number of Topliss-reactive ketones (excluding diaryl/α,β-unsaturated/α-hetero) is 2. The van der Waals surface area contributed by atoms with Gasteiger partial charge in [-0.1, -0.05) is 63.3 Å². The Morgan fingerprint density at radius 1 is 1.15 bits per heavy atom. The first-order valence-corrected chi connectivity index (χ1v) is 17.2. The number of nitrogens with one attached hydrogen (secondary N) is 2. The number of aliphatic hydroxyl groups excluding tert-OH is 2. The Labute approximate surface area is 278 Å². The maximum absolute atomic E-state index is 13.0. The number of aliphatic hydroxyl groups is 2. The molecule has 47 heavy (non-hydrogen) atoms. The van der Waals surface area contributed by atoms with Crippen LogP contribution in [0.4, 0.5) is 0 Å². The number of rotatable bonds is 15. The number of phenolic OH excluding ortho intramolecular Hbond substituents is 1. The molecule has 1 aliphatic heterocycles. The van der Waals surface area contributed by atoms with Crippen LogP contribution in [-0.4, -0.2) is 58.2 Å². The van der Waals surface area contributed by atoms with E-state index in [0.29, 0.717) is 48.2 Å². The van der Waals surface area contributed by atoms with E-state index in [9.17, 15) is 24.9 Å². The molecule has 3 aliphatic rings. The van der Waals surface area contributed by atoms with Crippen LogP contribution in [0.15, 0.2) is 65.7 Å². The number of ether oxygens (including phenoxy) is 1. The molecule has 1 aromatic carbocycles. The van der Waals surface area contributed by atoms with Crippen molar-refractivity contribution in [1.29, 1.82) is 0 Å². The lowest BCUT2D eigenvalue weighted by atomic mass is 9.61. The van der Waals surface area contributed by atoms with E-state index in [4.69, 9.17) is 10.5 Å². The lowest BCUT2D eigenvalue weighted by molar-refractivity contribution is -0.138. The van der Waals surface area contributed by atoms with E-state index in [2.05, 4.69) is 17.2 Å². The Bertz CT molecular complexity index is 1510. The molecule has 0 spiro atoms. The highest BCUT2D eigenvalue weighted by Gasteiger charge is 2.45. The number of H-pyrrole nitrogens is 1. The number of aromatic amines is 1. The van der Waals surface area contributed by atoms with Crippen LogP contribution in [0.2, 0.25) is 0 Å². The SMILES string of the molecule is CCC1CCCCC1CCCC(=O)C(O)C(=O)CCc1cc(OC)c(O)c(C2C3=CCNC(N)=C3C=CC2(CO)Cc2ccc[nH]2)c1. The molecule has 7 N–H and O–H groups in total. The van der Waals surface area contributed by atoms with Crippen LogP contribution < -0.4 is 15.8 Å². The summed E-state index contributed by atoms with van der Waals surface area (Å²) in [5, 5.41) is 36.3. The zero-order chi connectivity index (χ0) is 33.6. The van der Waals surface area contributed by atoms with E-state index < -0.39 is 29.0 Å². The molecule has 1 fully saturated rings. The van der Waals surface area contributed by atoms with Gasteiger partial charge in [0.25, 0.3) is 0 Å². The fourth-order valence-electron chi connectivity index (χ4n) is 8.09. The van der Waals surface area contributed by atoms with E-state index >= 15 is 0 Å². The number of aryl methyl sites for hydroxylation is 1. The predicted octanol–water partition coefficient (Wildman–Crippen LogP) is 5.12. The zero-order valence-electron chi connectivity index (χ0n) is 27.8. The highest BCUT2D eigenvalue weighted by Crippen LogP contribution is 2.54. The largest absolute Gasteiger partial charge is 0.504 e. The van der Waals surface area contributed by atoms with Crippen LogP contribution in [0.3, 0.4) is 0 Å². The first-order valence-electron chi connectivity index (χ1n) is 17.2. The quantitative estimate of drug-likeness (QED) is 0.146. The maximum Gasteiger partial charge on any atom is 0.170 e. The predicted molar refractivity (Wildman–Crippen MR) is 182 cm³/mol. The normalized spacial score (nSPS) is 24.7. The lowest BCUT2D eigenvalue weighted by Gasteiger charge is -2.43. The van der Waals surface area contributed by atoms with Gasteiger partial charge in [0, 0.05) is 53.7 Å². The number of methoxy groups -OCH3 is 1. The molecular formula is C38H51N3O6. The Morgan fingerprint density at radius 3 is 2.62 bits per heavy atom. The lowest BCUT2D eigenvalue weighted by Crippen LogP contribution is -2.40. The van der Waals surface area contributed by atoms with Crippen LogP contribution in [0, 0.1) is 17.3 Å². The number of ketones is 2. The molecule has 0 radical (unpaired) electrons. The molecule has 9 nitrogen and oxygen atoms in total. The van der Waals surface area contributed by atoms with Gasteiger partial charge in [0.2, 0.25) is 0 Å². The average Bonchev–Trinajstić information content (AvgIpc) is 3.60. The van der Waals surface area contributed by atoms with Crippen molar-refractivity contribution in [1.82, 2.24) is 10.3 Å². The Kier molecular flexibility index (Phi) is 11.3. The fraction of sp³-hybridized carbons (Fsp3) is 0.526. The van der Waals surface area contributed by atoms with Gasteiger partial charge < -0.3 is 36.1 Å². The Balaban J connectivity index is 1.34. The molecule has 0 bridgehead atoms. The van der Waals surface area contributed by atoms with E-state index in [-0.39, 0.29) is 37.4 Å². The monoisotopic (exact) mass is 645 g/mol. The molecule has 1 aromatic heterocycles. The van der Waals surface area contributed by atoms with Gasteiger partial charge in [0.1, 0.15) is 5.82 Å². The van der Waals surface area contributed by atoms with Gasteiger partial charge in [-0.05, 0) is 66.9 Å². The van der Waals surface area contributed by atoms with E-state index in [1.165, 1.54) is 32.8 Å². The molecule has 2 aromatic rings. The van der Waals surface area contributed by atoms with Crippen molar-refractivity contribution in [2.75, 3.05) is 20.3 Å². The van der Waals surface area contributed by atoms with Crippen LogP contribution in [0.5, 0.6) is 11.5 Å². The van der Waals surface area contributed by atoms with Crippen molar-refractivity contribution in [2.45, 2.75) is 89.6 Å². The molecule has 1 saturated carbocycles. The second-order valence-corrected chi connectivity index (χ2v) is 13.6. The topological polar surface area (TPSA) is 158 Å². The molecule has 254 valence electrons. The van der Waals surface area contributed by atoms with Gasteiger partial charge >= 0.3 is 0 Å². The number of carbonyl (C=O) groups excluding carboxylic acids is 2. The van der Waals surface area contributed by atoms with Crippen molar-refractivity contribution in [2.24, 2.45) is 23.0 Å². The number of nitrogens with two attached hydrogens (primary N) is 1. The summed E-state index contributed by atoms with van der Waals surface area (Å²) in [4.78, 5) is 29.1. The number of benzene rings is 1. The zero-order valence-corrected chi connectivity index (χ0v) is 27.8. The first-order chi connectivity index (χ1) is 22.7. The number of aromatic nitrogens is 1.